The number of thiocarbonyl (C=S) groups is 1. The molecular formula is C18H23N5OS. The average Bonchev–Trinajstić information content (AvgIpc) is 3.02. The first-order valence-corrected chi connectivity index (χ1v) is 8.78. The van der Waals surface area contributed by atoms with Crippen molar-refractivity contribution in [3.8, 4) is 0 Å². The van der Waals surface area contributed by atoms with Gasteiger partial charge in [0, 0.05) is 45.1 Å². The van der Waals surface area contributed by atoms with Crippen LogP contribution in [0, 0.1) is 6.92 Å². The van der Waals surface area contributed by atoms with Gasteiger partial charge in [0.15, 0.2) is 5.11 Å². The number of aromatic nitrogens is 2. The predicted molar refractivity (Wildman–Crippen MR) is 104 cm³/mol. The van der Waals surface area contributed by atoms with Crippen molar-refractivity contribution in [2.75, 3.05) is 30.5 Å². The molecule has 1 aromatic carbocycles. The standard InChI is InChI=1S/C18H23N5OS/c1-13-10-16(23-11-14-6-3-4-7-15(14)12-23)21-17(20-13)22-18(25)19-8-5-9-24-2/h3-4,6-7,10H,5,8-9,11-12H2,1-2H3,(H2,19,20,21,22,25). The zero-order chi connectivity index (χ0) is 17.6. The molecule has 0 spiro atoms. The molecule has 1 aliphatic heterocycles. The SMILES string of the molecule is COCCCNC(=S)Nc1nc(C)cc(N2Cc3ccccc3C2)n1. The topological polar surface area (TPSA) is 62.3 Å². The molecule has 1 aromatic heterocycles. The number of nitrogens with zero attached hydrogens (tertiary/aromatic N) is 3. The highest BCUT2D eigenvalue weighted by atomic mass is 32.1. The van der Waals surface area contributed by atoms with Gasteiger partial charge in [-0.3, -0.25) is 0 Å². The lowest BCUT2D eigenvalue weighted by atomic mass is 10.1. The minimum Gasteiger partial charge on any atom is -0.385 e. The molecule has 2 aromatic rings. The average molecular weight is 357 g/mol. The van der Waals surface area contributed by atoms with Gasteiger partial charge < -0.3 is 20.3 Å². The molecule has 3 rings (SSSR count). The number of hydrogen-bond acceptors (Lipinski definition) is 5. The van der Waals surface area contributed by atoms with E-state index in [1.54, 1.807) is 7.11 Å². The van der Waals surface area contributed by atoms with Crippen molar-refractivity contribution in [2.24, 2.45) is 0 Å². The number of hydrogen-bond donors (Lipinski definition) is 2. The lowest BCUT2D eigenvalue weighted by Crippen LogP contribution is -2.30. The first-order valence-electron chi connectivity index (χ1n) is 8.37. The Labute approximate surface area is 153 Å². The third-order valence-electron chi connectivity index (χ3n) is 4.04. The van der Waals surface area contributed by atoms with Crippen LogP contribution >= 0.6 is 12.2 Å². The third-order valence-corrected chi connectivity index (χ3v) is 4.29. The van der Waals surface area contributed by atoms with Crippen LogP contribution in [0.15, 0.2) is 30.3 Å². The molecule has 6 nitrogen and oxygen atoms in total. The summed E-state index contributed by atoms with van der Waals surface area (Å²) in [4.78, 5) is 11.3. The van der Waals surface area contributed by atoms with E-state index in [1.807, 2.05) is 13.0 Å². The normalized spacial score (nSPS) is 12.8. The van der Waals surface area contributed by atoms with E-state index in [1.165, 1.54) is 11.1 Å². The van der Waals surface area contributed by atoms with Crippen LogP contribution in [0.5, 0.6) is 0 Å². The van der Waals surface area contributed by atoms with E-state index in [0.29, 0.717) is 17.7 Å². The third kappa shape index (κ3) is 4.64. The van der Waals surface area contributed by atoms with Gasteiger partial charge in [0.25, 0.3) is 0 Å². The summed E-state index contributed by atoms with van der Waals surface area (Å²) in [6.07, 6.45) is 0.893. The van der Waals surface area contributed by atoms with Crippen molar-refractivity contribution >= 4 is 29.1 Å². The van der Waals surface area contributed by atoms with Crippen molar-refractivity contribution in [1.82, 2.24) is 15.3 Å². The number of benzene rings is 1. The molecule has 0 amide bonds. The summed E-state index contributed by atoms with van der Waals surface area (Å²) < 4.78 is 5.02. The summed E-state index contributed by atoms with van der Waals surface area (Å²) in [7, 11) is 1.69. The van der Waals surface area contributed by atoms with Crippen LogP contribution in [-0.4, -0.2) is 35.3 Å². The fourth-order valence-corrected chi connectivity index (χ4v) is 3.02. The Bertz CT molecular complexity index is 727. The molecule has 0 fully saturated rings. The van der Waals surface area contributed by atoms with Crippen LogP contribution in [-0.2, 0) is 17.8 Å². The number of methoxy groups -OCH3 is 1. The van der Waals surface area contributed by atoms with E-state index in [2.05, 4.69) is 49.8 Å². The molecule has 0 unspecified atom stereocenters. The summed E-state index contributed by atoms with van der Waals surface area (Å²) in [5, 5.41) is 6.74. The second-order valence-corrected chi connectivity index (χ2v) is 6.45. The second kappa shape index (κ2) is 8.22. The Balaban J connectivity index is 1.64. The summed E-state index contributed by atoms with van der Waals surface area (Å²) in [5.41, 5.74) is 3.61. The largest absolute Gasteiger partial charge is 0.385 e. The van der Waals surface area contributed by atoms with Crippen LogP contribution < -0.4 is 15.5 Å². The number of ether oxygens (including phenoxy) is 1. The predicted octanol–water partition coefficient (Wildman–Crippen LogP) is 2.63. The Morgan fingerprint density at radius 3 is 2.64 bits per heavy atom. The van der Waals surface area contributed by atoms with E-state index in [0.717, 1.165) is 37.6 Å². The Morgan fingerprint density at radius 1 is 1.24 bits per heavy atom. The van der Waals surface area contributed by atoms with Gasteiger partial charge in [-0.05, 0) is 36.7 Å². The van der Waals surface area contributed by atoms with Crippen molar-refractivity contribution < 1.29 is 4.74 Å². The van der Waals surface area contributed by atoms with E-state index < -0.39 is 0 Å². The van der Waals surface area contributed by atoms with E-state index in [4.69, 9.17) is 17.0 Å². The maximum absolute atomic E-state index is 5.31. The zero-order valence-electron chi connectivity index (χ0n) is 14.6. The van der Waals surface area contributed by atoms with Gasteiger partial charge in [-0.1, -0.05) is 24.3 Å². The Hall–Kier alpha value is -2.25. The quantitative estimate of drug-likeness (QED) is 0.609. The highest BCUT2D eigenvalue weighted by Gasteiger charge is 2.20. The number of aryl methyl sites for hydroxylation is 1. The lowest BCUT2D eigenvalue weighted by Gasteiger charge is -2.18. The Morgan fingerprint density at radius 2 is 1.96 bits per heavy atom. The van der Waals surface area contributed by atoms with Crippen LogP contribution in [0.3, 0.4) is 0 Å². The summed E-state index contributed by atoms with van der Waals surface area (Å²) in [6, 6.07) is 10.5. The van der Waals surface area contributed by atoms with Crippen LogP contribution in [0.1, 0.15) is 23.2 Å². The Kier molecular flexibility index (Phi) is 5.78. The lowest BCUT2D eigenvalue weighted by molar-refractivity contribution is 0.196. The van der Waals surface area contributed by atoms with Gasteiger partial charge in [0.05, 0.1) is 0 Å². The molecular weight excluding hydrogens is 334 g/mol. The minimum atomic E-state index is 0.523. The molecule has 0 aliphatic carbocycles. The smallest absolute Gasteiger partial charge is 0.231 e. The molecule has 0 bridgehead atoms. The van der Waals surface area contributed by atoms with Gasteiger partial charge in [-0.25, -0.2) is 4.98 Å². The molecule has 0 radical (unpaired) electrons. The first kappa shape index (κ1) is 17.6. The summed E-state index contributed by atoms with van der Waals surface area (Å²) >= 11 is 5.31. The van der Waals surface area contributed by atoms with E-state index in [-0.39, 0.29) is 0 Å². The molecule has 7 heteroatoms. The molecule has 1 aliphatic rings. The zero-order valence-corrected chi connectivity index (χ0v) is 15.4. The van der Waals surface area contributed by atoms with Gasteiger partial charge in [0.2, 0.25) is 5.95 Å². The van der Waals surface area contributed by atoms with Crippen LogP contribution in [0.2, 0.25) is 0 Å². The van der Waals surface area contributed by atoms with Gasteiger partial charge in [-0.15, -0.1) is 0 Å². The van der Waals surface area contributed by atoms with Crippen molar-refractivity contribution in [1.29, 1.82) is 0 Å². The molecule has 0 atom stereocenters. The molecule has 25 heavy (non-hydrogen) atoms. The number of fused-ring (bicyclic) bond motifs is 1. The number of rotatable bonds is 6. The summed E-state index contributed by atoms with van der Waals surface area (Å²) in [5.74, 6) is 1.43. The maximum atomic E-state index is 5.31. The van der Waals surface area contributed by atoms with Crippen LogP contribution in [0.25, 0.3) is 0 Å². The van der Waals surface area contributed by atoms with Crippen molar-refractivity contribution in [3.05, 3.63) is 47.2 Å². The van der Waals surface area contributed by atoms with Crippen molar-refractivity contribution in [2.45, 2.75) is 26.4 Å². The second-order valence-electron chi connectivity index (χ2n) is 6.04. The van der Waals surface area contributed by atoms with Gasteiger partial charge in [-0.2, -0.15) is 4.98 Å². The van der Waals surface area contributed by atoms with Crippen LogP contribution in [0.4, 0.5) is 11.8 Å². The fraction of sp³-hybridized carbons (Fsp3) is 0.389. The first-order chi connectivity index (χ1) is 12.2. The van der Waals surface area contributed by atoms with Gasteiger partial charge >= 0.3 is 0 Å². The van der Waals surface area contributed by atoms with E-state index >= 15 is 0 Å². The number of anilines is 2. The summed E-state index contributed by atoms with van der Waals surface area (Å²) in [6.45, 7) is 5.15. The molecule has 132 valence electrons. The maximum Gasteiger partial charge on any atom is 0.231 e. The fourth-order valence-electron chi connectivity index (χ4n) is 2.83. The van der Waals surface area contributed by atoms with Crippen molar-refractivity contribution in [3.63, 3.8) is 0 Å². The minimum absolute atomic E-state index is 0.523. The highest BCUT2D eigenvalue weighted by Crippen LogP contribution is 2.27. The molecule has 0 saturated heterocycles. The molecule has 2 N–H and O–H groups in total. The highest BCUT2D eigenvalue weighted by molar-refractivity contribution is 7.80. The molecule has 0 saturated carbocycles. The monoisotopic (exact) mass is 357 g/mol. The van der Waals surface area contributed by atoms with Gasteiger partial charge in [0.1, 0.15) is 5.82 Å². The number of nitrogens with one attached hydrogen (secondary N) is 2. The van der Waals surface area contributed by atoms with E-state index in [9.17, 15) is 0 Å². The molecule has 2 heterocycles.